The molecule has 1 heterocycles. The average Bonchev–Trinajstić information content (AvgIpc) is 3.28. The zero-order chi connectivity index (χ0) is 23.4. The summed E-state index contributed by atoms with van der Waals surface area (Å²) < 4.78 is 72.1. The molecule has 32 heavy (non-hydrogen) atoms. The van der Waals surface area contributed by atoms with Crippen LogP contribution in [-0.2, 0) is 14.8 Å². The van der Waals surface area contributed by atoms with Crippen LogP contribution < -0.4 is 19.1 Å². The first kappa shape index (κ1) is 23.4. The normalized spacial score (nSPS) is 11.6. The number of halogens is 3. The molecular weight excluding hydrogens is 469 g/mol. The van der Waals surface area contributed by atoms with Gasteiger partial charge in [0.25, 0.3) is 15.9 Å². The van der Waals surface area contributed by atoms with Crippen molar-refractivity contribution in [1.29, 1.82) is 0 Å². The molecule has 0 spiro atoms. The zero-order valence-corrected chi connectivity index (χ0v) is 18.1. The Morgan fingerprint density at radius 1 is 1.03 bits per heavy atom. The van der Waals surface area contributed by atoms with E-state index in [1.165, 1.54) is 49.5 Å². The third-order valence-electron chi connectivity index (χ3n) is 4.05. The molecule has 0 aliphatic rings. The fourth-order valence-electron chi connectivity index (χ4n) is 2.52. The van der Waals surface area contributed by atoms with Crippen LogP contribution in [0.25, 0.3) is 0 Å². The molecule has 0 saturated carbocycles. The van der Waals surface area contributed by atoms with E-state index in [-0.39, 0.29) is 16.5 Å². The van der Waals surface area contributed by atoms with Crippen molar-refractivity contribution in [2.45, 2.75) is 10.6 Å². The number of sulfonamides is 1. The third kappa shape index (κ3) is 6.14. The Bertz CT molecular complexity index is 1150. The van der Waals surface area contributed by atoms with E-state index >= 15 is 0 Å². The molecule has 2 aromatic carbocycles. The van der Waals surface area contributed by atoms with E-state index in [0.29, 0.717) is 11.4 Å². The lowest BCUT2D eigenvalue weighted by molar-refractivity contribution is -0.274. The molecule has 0 atom stereocenters. The maximum Gasteiger partial charge on any atom is 0.573 e. The number of hydrogen-bond acceptors (Lipinski definition) is 6. The van der Waals surface area contributed by atoms with E-state index in [0.717, 1.165) is 27.8 Å². The van der Waals surface area contributed by atoms with Gasteiger partial charge in [0.15, 0.2) is 6.61 Å². The van der Waals surface area contributed by atoms with E-state index in [1.54, 1.807) is 11.4 Å². The molecule has 0 bridgehead atoms. The van der Waals surface area contributed by atoms with Gasteiger partial charge in [0, 0.05) is 12.7 Å². The van der Waals surface area contributed by atoms with E-state index in [2.05, 4.69) is 10.1 Å². The van der Waals surface area contributed by atoms with Crippen LogP contribution in [0.2, 0.25) is 0 Å². The molecule has 1 N–H and O–H groups in total. The predicted molar refractivity (Wildman–Crippen MR) is 114 cm³/mol. The number of rotatable bonds is 8. The van der Waals surface area contributed by atoms with Crippen LogP contribution in [0.15, 0.2) is 70.3 Å². The number of carbonyl (C=O) groups excluding carboxylic acids is 1. The van der Waals surface area contributed by atoms with Crippen molar-refractivity contribution in [2.24, 2.45) is 0 Å². The quantitative estimate of drug-likeness (QED) is 0.507. The Hall–Kier alpha value is -3.25. The van der Waals surface area contributed by atoms with Gasteiger partial charge in [-0.1, -0.05) is 6.07 Å². The molecular formula is C20H17F3N2O5S2. The first-order chi connectivity index (χ1) is 15.0. The summed E-state index contributed by atoms with van der Waals surface area (Å²) in [6.07, 6.45) is -4.79. The average molecular weight is 486 g/mol. The van der Waals surface area contributed by atoms with Crippen LogP contribution in [0.3, 0.4) is 0 Å². The van der Waals surface area contributed by atoms with Gasteiger partial charge in [-0.25, -0.2) is 8.42 Å². The summed E-state index contributed by atoms with van der Waals surface area (Å²) >= 11 is 1.12. The fraction of sp³-hybridized carbons (Fsp3) is 0.150. The second-order valence-electron chi connectivity index (χ2n) is 6.31. The smallest absolute Gasteiger partial charge is 0.484 e. The molecule has 0 radical (unpaired) electrons. The highest BCUT2D eigenvalue weighted by Gasteiger charge is 2.31. The summed E-state index contributed by atoms with van der Waals surface area (Å²) in [4.78, 5) is 12.0. The summed E-state index contributed by atoms with van der Waals surface area (Å²) in [5.41, 5.74) is 0.681. The van der Waals surface area contributed by atoms with E-state index in [9.17, 15) is 26.4 Å². The number of hydrogen-bond donors (Lipinski definition) is 1. The molecule has 0 aliphatic carbocycles. The molecule has 0 saturated heterocycles. The van der Waals surface area contributed by atoms with Gasteiger partial charge >= 0.3 is 6.36 Å². The van der Waals surface area contributed by atoms with Crippen molar-refractivity contribution in [2.75, 3.05) is 23.3 Å². The highest BCUT2D eigenvalue weighted by molar-refractivity contribution is 7.94. The van der Waals surface area contributed by atoms with Gasteiger partial charge in [-0.2, -0.15) is 0 Å². The minimum Gasteiger partial charge on any atom is -0.484 e. The Balaban J connectivity index is 1.53. The Morgan fingerprint density at radius 3 is 2.22 bits per heavy atom. The molecule has 0 unspecified atom stereocenters. The predicted octanol–water partition coefficient (Wildman–Crippen LogP) is 4.49. The first-order valence-corrected chi connectivity index (χ1v) is 11.3. The molecule has 3 aromatic rings. The second kappa shape index (κ2) is 9.49. The van der Waals surface area contributed by atoms with Crippen LogP contribution in [0.5, 0.6) is 11.5 Å². The number of anilines is 2. The van der Waals surface area contributed by atoms with E-state index in [4.69, 9.17) is 4.74 Å². The number of ether oxygens (including phenoxy) is 2. The van der Waals surface area contributed by atoms with Gasteiger partial charge in [-0.15, -0.1) is 24.5 Å². The monoisotopic (exact) mass is 486 g/mol. The van der Waals surface area contributed by atoms with Crippen molar-refractivity contribution in [3.05, 3.63) is 66.0 Å². The molecule has 3 rings (SSSR count). The maximum absolute atomic E-state index is 12.5. The van der Waals surface area contributed by atoms with Crippen molar-refractivity contribution in [1.82, 2.24) is 0 Å². The maximum atomic E-state index is 12.5. The van der Waals surface area contributed by atoms with Crippen LogP contribution in [0, 0.1) is 0 Å². The second-order valence-corrected chi connectivity index (χ2v) is 9.45. The lowest BCUT2D eigenvalue weighted by Gasteiger charge is -2.18. The number of thiophene rings is 1. The summed E-state index contributed by atoms with van der Waals surface area (Å²) in [5.74, 6) is -0.603. The highest BCUT2D eigenvalue weighted by Crippen LogP contribution is 2.27. The van der Waals surface area contributed by atoms with Gasteiger partial charge in [0.05, 0.1) is 5.69 Å². The SMILES string of the molecule is CN(c1ccc(OCC(=O)Nc2ccc(OC(F)(F)F)cc2)cc1)S(=O)(=O)c1cccs1. The van der Waals surface area contributed by atoms with E-state index < -0.39 is 28.0 Å². The van der Waals surface area contributed by atoms with Gasteiger partial charge in [0.2, 0.25) is 0 Å². The third-order valence-corrected chi connectivity index (χ3v) is 7.21. The number of nitrogens with one attached hydrogen (secondary N) is 1. The number of amides is 1. The van der Waals surface area contributed by atoms with Crippen molar-refractivity contribution in [3.8, 4) is 11.5 Å². The lowest BCUT2D eigenvalue weighted by Crippen LogP contribution is -2.25. The number of benzene rings is 2. The Labute approximate surface area is 186 Å². The van der Waals surface area contributed by atoms with Crippen LogP contribution in [-0.4, -0.2) is 34.3 Å². The first-order valence-electron chi connectivity index (χ1n) is 8.95. The Morgan fingerprint density at radius 2 is 1.66 bits per heavy atom. The number of nitrogens with zero attached hydrogens (tertiary/aromatic N) is 1. The van der Waals surface area contributed by atoms with Crippen LogP contribution >= 0.6 is 11.3 Å². The summed E-state index contributed by atoms with van der Waals surface area (Å²) in [5, 5.41) is 4.15. The van der Waals surface area contributed by atoms with Gasteiger partial charge in [0.1, 0.15) is 15.7 Å². The van der Waals surface area contributed by atoms with Crippen molar-refractivity contribution in [3.63, 3.8) is 0 Å². The number of carbonyl (C=O) groups is 1. The highest BCUT2D eigenvalue weighted by atomic mass is 32.2. The van der Waals surface area contributed by atoms with Crippen LogP contribution in [0.4, 0.5) is 24.5 Å². The molecule has 7 nitrogen and oxygen atoms in total. The fourth-order valence-corrected chi connectivity index (χ4v) is 4.88. The van der Waals surface area contributed by atoms with Gasteiger partial charge in [-0.3, -0.25) is 9.10 Å². The minimum atomic E-state index is -4.79. The molecule has 1 amide bonds. The minimum absolute atomic E-state index is 0.218. The molecule has 12 heteroatoms. The standard InChI is InChI=1S/C20H17F3N2O5S2/c1-25(32(27,28)19-3-2-12-31-19)15-6-10-16(11-7-15)29-13-18(26)24-14-4-8-17(9-5-14)30-20(21,22)23/h2-12H,13H2,1H3,(H,24,26). The molecule has 0 fully saturated rings. The number of alkyl halides is 3. The summed E-state index contributed by atoms with van der Waals surface area (Å²) in [7, 11) is -2.23. The molecule has 170 valence electrons. The topological polar surface area (TPSA) is 84.9 Å². The van der Waals surface area contributed by atoms with E-state index in [1.807, 2.05) is 0 Å². The zero-order valence-electron chi connectivity index (χ0n) is 16.5. The Kier molecular flexibility index (Phi) is 6.94. The molecule has 1 aromatic heterocycles. The summed E-state index contributed by atoms with van der Waals surface area (Å²) in [6.45, 7) is -0.358. The van der Waals surface area contributed by atoms with Crippen molar-refractivity contribution < 1.29 is 35.9 Å². The largest absolute Gasteiger partial charge is 0.573 e. The van der Waals surface area contributed by atoms with Crippen LogP contribution in [0.1, 0.15) is 0 Å². The van der Waals surface area contributed by atoms with Gasteiger partial charge < -0.3 is 14.8 Å². The summed E-state index contributed by atoms with van der Waals surface area (Å²) in [6, 6.07) is 14.0. The molecule has 0 aliphatic heterocycles. The van der Waals surface area contributed by atoms with Gasteiger partial charge in [-0.05, 0) is 60.0 Å². The van der Waals surface area contributed by atoms with Crippen molar-refractivity contribution >= 4 is 38.6 Å². The lowest BCUT2D eigenvalue weighted by atomic mass is 10.3.